The Kier molecular flexibility index (Phi) is 4.03. The molecule has 14 heavy (non-hydrogen) atoms. The number of hydrogen-bond acceptors (Lipinski definition) is 4. The number of rotatable bonds is 5. The molecule has 0 aromatic carbocycles. The first-order valence-electron chi connectivity index (χ1n) is 4.50. The van der Waals surface area contributed by atoms with Gasteiger partial charge in [-0.25, -0.2) is 4.98 Å². The predicted octanol–water partition coefficient (Wildman–Crippen LogP) is 1.40. The minimum atomic E-state index is -0.797. The van der Waals surface area contributed by atoms with Crippen LogP contribution in [0.4, 0.5) is 0 Å². The fraction of sp³-hybridized carbons (Fsp3) is 0.556. The molecule has 1 atom stereocenters. The summed E-state index contributed by atoms with van der Waals surface area (Å²) in [4.78, 5) is 15.9. The quantitative estimate of drug-likeness (QED) is 0.777. The molecule has 0 amide bonds. The molecular formula is C9H14N2O2S. The third-order valence-corrected chi connectivity index (χ3v) is 3.00. The smallest absolute Gasteiger partial charge is 0.320 e. The first-order chi connectivity index (χ1) is 6.65. The second kappa shape index (κ2) is 5.07. The van der Waals surface area contributed by atoms with Crippen molar-refractivity contribution in [2.75, 3.05) is 0 Å². The summed E-state index contributed by atoms with van der Waals surface area (Å²) < 4.78 is 0. The van der Waals surface area contributed by atoms with Crippen LogP contribution in [0.1, 0.15) is 23.9 Å². The van der Waals surface area contributed by atoms with Crippen molar-refractivity contribution < 1.29 is 9.90 Å². The van der Waals surface area contributed by atoms with Crippen molar-refractivity contribution >= 4 is 17.3 Å². The second-order valence-electron chi connectivity index (χ2n) is 3.04. The first kappa shape index (κ1) is 11.1. The fourth-order valence-electron chi connectivity index (χ4n) is 1.12. The third-order valence-electron chi connectivity index (χ3n) is 2.06. The maximum atomic E-state index is 10.7. The van der Waals surface area contributed by atoms with E-state index in [1.165, 1.54) is 0 Å². The Morgan fingerprint density at radius 1 is 1.79 bits per heavy atom. The van der Waals surface area contributed by atoms with Gasteiger partial charge in [0.15, 0.2) is 0 Å². The number of nitrogens with zero attached hydrogens (tertiary/aromatic N) is 1. The van der Waals surface area contributed by atoms with Gasteiger partial charge in [0.25, 0.3) is 0 Å². The van der Waals surface area contributed by atoms with Crippen LogP contribution in [0.5, 0.6) is 0 Å². The van der Waals surface area contributed by atoms with Gasteiger partial charge in [0.2, 0.25) is 0 Å². The first-order valence-corrected chi connectivity index (χ1v) is 5.38. The van der Waals surface area contributed by atoms with Crippen molar-refractivity contribution in [1.82, 2.24) is 10.3 Å². The van der Waals surface area contributed by atoms with Gasteiger partial charge in [-0.05, 0) is 13.3 Å². The molecule has 0 saturated heterocycles. The number of aryl methyl sites for hydroxylation is 1. The Balaban J connectivity index is 2.47. The number of nitrogens with one attached hydrogen (secondary N) is 1. The van der Waals surface area contributed by atoms with Gasteiger partial charge in [0.05, 0.1) is 11.2 Å². The van der Waals surface area contributed by atoms with E-state index in [0.29, 0.717) is 13.0 Å². The van der Waals surface area contributed by atoms with Crippen molar-refractivity contribution in [1.29, 1.82) is 0 Å². The van der Waals surface area contributed by atoms with E-state index in [2.05, 4.69) is 10.3 Å². The fourth-order valence-corrected chi connectivity index (χ4v) is 1.85. The summed E-state index contributed by atoms with van der Waals surface area (Å²) in [5.41, 5.74) is 2.75. The van der Waals surface area contributed by atoms with Gasteiger partial charge in [-0.3, -0.25) is 10.1 Å². The molecular weight excluding hydrogens is 200 g/mol. The van der Waals surface area contributed by atoms with Crippen LogP contribution in [-0.2, 0) is 11.3 Å². The standard InChI is InChI=1S/C9H14N2O2S/c1-3-7(9(12)13)10-4-8-6(2)11-5-14-8/h5,7,10H,3-4H2,1-2H3,(H,12,13). The van der Waals surface area contributed by atoms with Crippen LogP contribution in [0.3, 0.4) is 0 Å². The summed E-state index contributed by atoms with van der Waals surface area (Å²) in [6.45, 7) is 4.36. The third kappa shape index (κ3) is 2.78. The van der Waals surface area contributed by atoms with E-state index in [0.717, 1.165) is 10.6 Å². The maximum absolute atomic E-state index is 10.7. The van der Waals surface area contributed by atoms with Crippen molar-refractivity contribution in [3.8, 4) is 0 Å². The van der Waals surface area contributed by atoms with Gasteiger partial charge < -0.3 is 5.11 Å². The highest BCUT2D eigenvalue weighted by atomic mass is 32.1. The van der Waals surface area contributed by atoms with Gasteiger partial charge in [-0.2, -0.15) is 0 Å². The van der Waals surface area contributed by atoms with E-state index in [9.17, 15) is 4.79 Å². The van der Waals surface area contributed by atoms with Crippen LogP contribution in [-0.4, -0.2) is 22.1 Å². The van der Waals surface area contributed by atoms with E-state index >= 15 is 0 Å². The molecule has 1 unspecified atom stereocenters. The molecule has 2 N–H and O–H groups in total. The van der Waals surface area contributed by atoms with Crippen LogP contribution in [0.2, 0.25) is 0 Å². The molecule has 0 saturated carbocycles. The molecule has 4 nitrogen and oxygen atoms in total. The molecule has 1 rings (SSSR count). The molecule has 1 aromatic heterocycles. The lowest BCUT2D eigenvalue weighted by Crippen LogP contribution is -2.35. The number of aromatic nitrogens is 1. The molecule has 0 aliphatic carbocycles. The zero-order valence-corrected chi connectivity index (χ0v) is 9.10. The average molecular weight is 214 g/mol. The molecule has 5 heteroatoms. The summed E-state index contributed by atoms with van der Waals surface area (Å²) in [6, 6.07) is -0.462. The van der Waals surface area contributed by atoms with Gasteiger partial charge in [-0.1, -0.05) is 6.92 Å². The molecule has 0 aliphatic rings. The zero-order chi connectivity index (χ0) is 10.6. The van der Waals surface area contributed by atoms with E-state index in [-0.39, 0.29) is 0 Å². The van der Waals surface area contributed by atoms with Crippen molar-refractivity contribution in [2.45, 2.75) is 32.9 Å². The van der Waals surface area contributed by atoms with Crippen LogP contribution in [0.15, 0.2) is 5.51 Å². The molecule has 0 radical (unpaired) electrons. The minimum Gasteiger partial charge on any atom is -0.480 e. The highest BCUT2D eigenvalue weighted by Crippen LogP contribution is 2.11. The lowest BCUT2D eigenvalue weighted by molar-refractivity contribution is -0.139. The lowest BCUT2D eigenvalue weighted by Gasteiger charge is -2.10. The summed E-state index contributed by atoms with van der Waals surface area (Å²) in [7, 11) is 0. The van der Waals surface area contributed by atoms with Gasteiger partial charge in [0, 0.05) is 11.4 Å². The number of carboxylic acids is 1. The van der Waals surface area contributed by atoms with E-state index in [1.807, 2.05) is 13.8 Å². The molecule has 0 bridgehead atoms. The SMILES string of the molecule is CCC(NCc1scnc1C)C(=O)O. The Morgan fingerprint density at radius 2 is 2.50 bits per heavy atom. The van der Waals surface area contributed by atoms with Gasteiger partial charge in [0.1, 0.15) is 6.04 Å². The molecule has 1 aromatic rings. The van der Waals surface area contributed by atoms with Crippen LogP contribution in [0, 0.1) is 6.92 Å². The average Bonchev–Trinajstić information content (AvgIpc) is 2.52. The highest BCUT2D eigenvalue weighted by Gasteiger charge is 2.14. The van der Waals surface area contributed by atoms with E-state index in [1.54, 1.807) is 16.8 Å². The second-order valence-corrected chi connectivity index (χ2v) is 3.98. The summed E-state index contributed by atoms with van der Waals surface area (Å²) >= 11 is 1.55. The molecule has 78 valence electrons. The van der Waals surface area contributed by atoms with E-state index in [4.69, 9.17) is 5.11 Å². The summed E-state index contributed by atoms with van der Waals surface area (Å²) in [5, 5.41) is 11.8. The molecule has 0 spiro atoms. The number of hydrogen-bond donors (Lipinski definition) is 2. The highest BCUT2D eigenvalue weighted by molar-refractivity contribution is 7.09. The summed E-state index contributed by atoms with van der Waals surface area (Å²) in [6.07, 6.45) is 0.590. The van der Waals surface area contributed by atoms with Gasteiger partial charge in [-0.15, -0.1) is 11.3 Å². The van der Waals surface area contributed by atoms with Crippen LogP contribution >= 0.6 is 11.3 Å². The predicted molar refractivity (Wildman–Crippen MR) is 55.4 cm³/mol. The van der Waals surface area contributed by atoms with Gasteiger partial charge >= 0.3 is 5.97 Å². The number of aliphatic carboxylic acids is 1. The van der Waals surface area contributed by atoms with Crippen molar-refractivity contribution in [2.24, 2.45) is 0 Å². The topological polar surface area (TPSA) is 62.2 Å². The number of carbonyl (C=O) groups is 1. The molecule has 0 fully saturated rings. The normalized spacial score (nSPS) is 12.7. The molecule has 0 aliphatic heterocycles. The monoisotopic (exact) mass is 214 g/mol. The zero-order valence-electron chi connectivity index (χ0n) is 8.28. The minimum absolute atomic E-state index is 0.462. The molecule has 1 heterocycles. The number of thiazole rings is 1. The maximum Gasteiger partial charge on any atom is 0.320 e. The van der Waals surface area contributed by atoms with E-state index < -0.39 is 12.0 Å². The Bertz CT molecular complexity index is 312. The Hall–Kier alpha value is -0.940. The Labute approximate surface area is 87.0 Å². The lowest BCUT2D eigenvalue weighted by atomic mass is 10.2. The largest absolute Gasteiger partial charge is 0.480 e. The van der Waals surface area contributed by atoms with Crippen molar-refractivity contribution in [3.63, 3.8) is 0 Å². The van der Waals surface area contributed by atoms with Crippen LogP contribution < -0.4 is 5.32 Å². The Morgan fingerprint density at radius 3 is 2.93 bits per heavy atom. The summed E-state index contributed by atoms with van der Waals surface area (Å²) in [5.74, 6) is -0.797. The number of carboxylic acid groups (broad SMARTS) is 1. The van der Waals surface area contributed by atoms with Crippen molar-refractivity contribution in [3.05, 3.63) is 16.1 Å². The van der Waals surface area contributed by atoms with Crippen LogP contribution in [0.25, 0.3) is 0 Å².